The van der Waals surface area contributed by atoms with Crippen LogP contribution in [0.15, 0.2) is 10.6 Å². The monoisotopic (exact) mass is 295 g/mol. The molecular weight excluding hydrogens is 274 g/mol. The summed E-state index contributed by atoms with van der Waals surface area (Å²) in [6.07, 6.45) is 0.798. The molecule has 0 aromatic carbocycles. The molecule has 6 heteroatoms. The highest BCUT2D eigenvalue weighted by Crippen LogP contribution is 2.34. The van der Waals surface area contributed by atoms with Gasteiger partial charge in [-0.1, -0.05) is 25.9 Å². The average molecular weight is 295 g/mol. The van der Waals surface area contributed by atoms with Gasteiger partial charge in [0.05, 0.1) is 10.6 Å². The lowest BCUT2D eigenvalue weighted by Crippen LogP contribution is -2.12. The molecule has 0 radical (unpaired) electrons. The highest BCUT2D eigenvalue weighted by atomic mass is 32.1. The highest BCUT2D eigenvalue weighted by molar-refractivity contribution is 7.16. The van der Waals surface area contributed by atoms with Crippen molar-refractivity contribution >= 4 is 16.3 Å². The minimum absolute atomic E-state index is 0.150. The molecule has 0 saturated carbocycles. The molecule has 0 aliphatic rings. The molecule has 1 atom stereocenters. The third-order valence-corrected chi connectivity index (χ3v) is 4.15. The van der Waals surface area contributed by atoms with Gasteiger partial charge < -0.3 is 15.0 Å². The van der Waals surface area contributed by atoms with Gasteiger partial charge in [-0.2, -0.15) is 4.98 Å². The molecule has 2 aromatic heterocycles. The Bertz CT molecular complexity index is 563. The second kappa shape index (κ2) is 6.37. The molecule has 0 amide bonds. The van der Waals surface area contributed by atoms with E-state index in [2.05, 4.69) is 30.9 Å². The maximum atomic E-state index is 6.01. The molecule has 0 aliphatic heterocycles. The van der Waals surface area contributed by atoms with Crippen molar-refractivity contribution in [2.45, 2.75) is 40.2 Å². The average Bonchev–Trinajstić information content (AvgIpc) is 3.01. The predicted molar refractivity (Wildman–Crippen MR) is 80.6 cm³/mol. The van der Waals surface area contributed by atoms with Gasteiger partial charge in [0.2, 0.25) is 5.82 Å². The fraction of sp³-hybridized carbons (Fsp3) is 0.571. The molecular formula is C14H21N3O2S. The number of thiophene rings is 1. The van der Waals surface area contributed by atoms with Crippen molar-refractivity contribution in [1.29, 1.82) is 0 Å². The van der Waals surface area contributed by atoms with Crippen LogP contribution in [-0.2, 0) is 11.2 Å². The van der Waals surface area contributed by atoms with Crippen LogP contribution in [0.3, 0.4) is 0 Å². The number of aryl methyl sites for hydroxylation is 1. The quantitative estimate of drug-likeness (QED) is 0.880. The van der Waals surface area contributed by atoms with E-state index in [-0.39, 0.29) is 12.0 Å². The second-order valence-corrected chi connectivity index (χ2v) is 6.09. The second-order valence-electron chi connectivity index (χ2n) is 4.92. The van der Waals surface area contributed by atoms with Crippen LogP contribution in [0, 0.1) is 5.92 Å². The van der Waals surface area contributed by atoms with Crippen molar-refractivity contribution in [3.8, 4) is 11.5 Å². The summed E-state index contributed by atoms with van der Waals surface area (Å²) in [4.78, 5) is 5.66. The van der Waals surface area contributed by atoms with Crippen LogP contribution in [-0.4, -0.2) is 16.7 Å². The van der Waals surface area contributed by atoms with Crippen LogP contribution in [0.4, 0.5) is 5.00 Å². The first kappa shape index (κ1) is 15.0. The van der Waals surface area contributed by atoms with Gasteiger partial charge in [0, 0.05) is 11.5 Å². The lowest BCUT2D eigenvalue weighted by atomic mass is 10.1. The number of hydrogen-bond donors (Lipinski definition) is 1. The maximum Gasteiger partial charge on any atom is 0.261 e. The van der Waals surface area contributed by atoms with Gasteiger partial charge in [-0.3, -0.25) is 0 Å². The van der Waals surface area contributed by atoms with E-state index in [1.807, 2.05) is 13.0 Å². The largest absolute Gasteiger partial charge is 0.390 e. The fourth-order valence-electron chi connectivity index (χ4n) is 2.00. The summed E-state index contributed by atoms with van der Waals surface area (Å²) < 4.78 is 11.0. The van der Waals surface area contributed by atoms with E-state index < -0.39 is 0 Å². The normalized spacial score (nSPS) is 13.1. The van der Waals surface area contributed by atoms with Crippen molar-refractivity contribution in [2.24, 2.45) is 5.92 Å². The molecule has 5 nitrogen and oxygen atoms in total. The summed E-state index contributed by atoms with van der Waals surface area (Å²) >= 11 is 1.56. The summed E-state index contributed by atoms with van der Waals surface area (Å²) in [5.74, 6) is 1.34. The van der Waals surface area contributed by atoms with Crippen LogP contribution in [0.2, 0.25) is 0 Å². The topological polar surface area (TPSA) is 74.2 Å². The molecule has 0 spiro atoms. The lowest BCUT2D eigenvalue weighted by Gasteiger charge is -2.16. The van der Waals surface area contributed by atoms with Gasteiger partial charge in [-0.15, -0.1) is 11.3 Å². The molecule has 0 aliphatic carbocycles. The van der Waals surface area contributed by atoms with Crippen molar-refractivity contribution in [3.05, 3.63) is 16.8 Å². The van der Waals surface area contributed by atoms with Gasteiger partial charge in [-0.25, -0.2) is 0 Å². The van der Waals surface area contributed by atoms with Gasteiger partial charge in [0.1, 0.15) is 6.10 Å². The van der Waals surface area contributed by atoms with E-state index in [0.717, 1.165) is 17.0 Å². The fourth-order valence-corrected chi connectivity index (χ4v) is 2.86. The molecule has 2 heterocycles. The van der Waals surface area contributed by atoms with E-state index in [1.54, 1.807) is 11.3 Å². The van der Waals surface area contributed by atoms with Crippen LogP contribution < -0.4 is 5.73 Å². The Labute approximate surface area is 123 Å². The standard InChI is InChI=1S/C14H21N3O2S/c1-5-9-7-10(12(15)20-9)14-16-13(17-19-14)11(8(3)4)18-6-2/h7-8,11H,5-6,15H2,1-4H3. The maximum absolute atomic E-state index is 6.01. The molecule has 2 aromatic rings. The number of aromatic nitrogens is 2. The van der Waals surface area contributed by atoms with Crippen LogP contribution in [0.25, 0.3) is 11.5 Å². The van der Waals surface area contributed by atoms with Crippen molar-refractivity contribution < 1.29 is 9.26 Å². The van der Waals surface area contributed by atoms with Crippen LogP contribution >= 0.6 is 11.3 Å². The third kappa shape index (κ3) is 3.02. The Morgan fingerprint density at radius 3 is 2.70 bits per heavy atom. The van der Waals surface area contributed by atoms with Crippen molar-refractivity contribution in [1.82, 2.24) is 10.1 Å². The minimum atomic E-state index is -0.150. The first-order chi connectivity index (χ1) is 9.56. The van der Waals surface area contributed by atoms with E-state index in [1.165, 1.54) is 4.88 Å². The lowest BCUT2D eigenvalue weighted by molar-refractivity contribution is 0.0217. The molecule has 0 saturated heterocycles. The summed E-state index contributed by atoms with van der Waals surface area (Å²) in [7, 11) is 0. The predicted octanol–water partition coefficient (Wildman–Crippen LogP) is 3.68. The van der Waals surface area contributed by atoms with E-state index in [0.29, 0.717) is 18.3 Å². The summed E-state index contributed by atoms with van der Waals surface area (Å²) in [6, 6.07) is 2.02. The van der Waals surface area contributed by atoms with Gasteiger partial charge in [-0.05, 0) is 25.3 Å². The summed E-state index contributed by atoms with van der Waals surface area (Å²) in [6.45, 7) is 8.82. The number of ether oxygens (including phenoxy) is 1. The Morgan fingerprint density at radius 1 is 1.40 bits per heavy atom. The minimum Gasteiger partial charge on any atom is -0.390 e. The van der Waals surface area contributed by atoms with E-state index in [9.17, 15) is 0 Å². The number of nitrogens with zero attached hydrogens (tertiary/aromatic N) is 2. The number of nitrogen functional groups attached to an aromatic ring is 1. The molecule has 0 fully saturated rings. The molecule has 2 rings (SSSR count). The molecule has 110 valence electrons. The Morgan fingerprint density at radius 2 is 2.15 bits per heavy atom. The van der Waals surface area contributed by atoms with Gasteiger partial charge in [0.15, 0.2) is 0 Å². The van der Waals surface area contributed by atoms with Gasteiger partial charge >= 0.3 is 0 Å². The zero-order valence-corrected chi connectivity index (χ0v) is 13.2. The summed E-state index contributed by atoms with van der Waals surface area (Å²) in [5, 5.41) is 4.76. The Hall–Kier alpha value is -1.40. The zero-order chi connectivity index (χ0) is 14.7. The summed E-state index contributed by atoms with van der Waals surface area (Å²) in [5.41, 5.74) is 6.84. The van der Waals surface area contributed by atoms with E-state index in [4.69, 9.17) is 15.0 Å². The molecule has 0 bridgehead atoms. The first-order valence-corrected chi connectivity index (χ1v) is 7.72. The SMILES string of the molecule is CCOC(c1noc(-c2cc(CC)sc2N)n1)C(C)C. The van der Waals surface area contributed by atoms with Crippen molar-refractivity contribution in [2.75, 3.05) is 12.3 Å². The first-order valence-electron chi connectivity index (χ1n) is 6.90. The Kier molecular flexibility index (Phi) is 4.77. The molecule has 2 N–H and O–H groups in total. The van der Waals surface area contributed by atoms with Crippen LogP contribution in [0.1, 0.15) is 44.5 Å². The number of anilines is 1. The Balaban J connectivity index is 2.29. The van der Waals surface area contributed by atoms with Gasteiger partial charge in [0.25, 0.3) is 5.89 Å². The smallest absolute Gasteiger partial charge is 0.261 e. The van der Waals surface area contributed by atoms with Crippen LogP contribution in [0.5, 0.6) is 0 Å². The van der Waals surface area contributed by atoms with E-state index >= 15 is 0 Å². The number of rotatable bonds is 6. The number of hydrogen-bond acceptors (Lipinski definition) is 6. The zero-order valence-electron chi connectivity index (χ0n) is 12.3. The molecule has 1 unspecified atom stereocenters. The number of nitrogens with two attached hydrogens (primary N) is 1. The molecule has 20 heavy (non-hydrogen) atoms. The highest BCUT2D eigenvalue weighted by Gasteiger charge is 2.23. The third-order valence-electron chi connectivity index (χ3n) is 3.04. The van der Waals surface area contributed by atoms with Crippen molar-refractivity contribution in [3.63, 3.8) is 0 Å².